The molecule has 4 atom stereocenters. The lowest BCUT2D eigenvalue weighted by atomic mass is 9.99. The maximum atomic E-state index is 10.3. The first kappa shape index (κ1) is 16.4. The molecule has 122 valence electrons. The van der Waals surface area contributed by atoms with Gasteiger partial charge in [-0.2, -0.15) is 9.97 Å². The predicted octanol–water partition coefficient (Wildman–Crippen LogP) is -1.51. The lowest BCUT2D eigenvalue weighted by Gasteiger charge is -2.29. The molecular formula is C12H20N6O4. The molecule has 2 heterocycles. The molecule has 2 aromatic rings. The van der Waals surface area contributed by atoms with Gasteiger partial charge in [-0.15, -0.1) is 0 Å². The van der Waals surface area contributed by atoms with Crippen LogP contribution < -0.4 is 11.5 Å². The molecule has 0 saturated carbocycles. The number of hydrogen-bond acceptors (Lipinski definition) is 9. The van der Waals surface area contributed by atoms with E-state index in [2.05, 4.69) is 15.0 Å². The number of nitrogens with two attached hydrogens (primary N) is 2. The van der Waals surface area contributed by atoms with Crippen molar-refractivity contribution in [3.05, 3.63) is 6.33 Å². The van der Waals surface area contributed by atoms with Crippen molar-refractivity contribution in [1.82, 2.24) is 19.5 Å². The smallest absolute Gasteiger partial charge is 0.224 e. The number of imidazole rings is 1. The van der Waals surface area contributed by atoms with E-state index in [0.717, 1.165) is 0 Å². The van der Waals surface area contributed by atoms with E-state index in [-0.39, 0.29) is 24.0 Å². The van der Waals surface area contributed by atoms with Gasteiger partial charge in [0.25, 0.3) is 0 Å². The molecule has 10 nitrogen and oxygen atoms in total. The number of fused-ring (bicyclic) bond motifs is 1. The molecule has 0 spiro atoms. The van der Waals surface area contributed by atoms with Crippen LogP contribution in [0.5, 0.6) is 0 Å². The summed E-state index contributed by atoms with van der Waals surface area (Å²) < 4.78 is 6.65. The lowest BCUT2D eigenvalue weighted by molar-refractivity contribution is -0.125. The van der Waals surface area contributed by atoms with Crippen LogP contribution in [-0.4, -0.2) is 60.8 Å². The molecule has 2 rings (SSSR count). The third-order valence-electron chi connectivity index (χ3n) is 3.49. The van der Waals surface area contributed by atoms with Crippen LogP contribution in [0.25, 0.3) is 11.2 Å². The van der Waals surface area contributed by atoms with Gasteiger partial charge in [-0.25, -0.2) is 4.98 Å². The van der Waals surface area contributed by atoms with Crippen LogP contribution in [0.4, 0.5) is 11.8 Å². The zero-order valence-corrected chi connectivity index (χ0v) is 12.3. The molecule has 7 N–H and O–H groups in total. The van der Waals surface area contributed by atoms with Gasteiger partial charge in [0.05, 0.1) is 12.4 Å². The summed E-state index contributed by atoms with van der Waals surface area (Å²) in [6.45, 7) is 1.33. The molecule has 0 saturated heterocycles. The van der Waals surface area contributed by atoms with Gasteiger partial charge in [0.1, 0.15) is 11.6 Å². The van der Waals surface area contributed by atoms with E-state index in [1.165, 1.54) is 18.0 Å². The highest BCUT2D eigenvalue weighted by atomic mass is 16.5. The summed E-state index contributed by atoms with van der Waals surface area (Å²) in [5, 5.41) is 29.5. The fourth-order valence-electron chi connectivity index (χ4n) is 2.17. The third kappa shape index (κ3) is 2.81. The summed E-state index contributed by atoms with van der Waals surface area (Å²) >= 11 is 0. The van der Waals surface area contributed by atoms with Crippen molar-refractivity contribution in [3.63, 3.8) is 0 Å². The van der Waals surface area contributed by atoms with E-state index in [9.17, 15) is 10.2 Å². The lowest BCUT2D eigenvalue weighted by Crippen LogP contribution is -2.40. The van der Waals surface area contributed by atoms with E-state index >= 15 is 0 Å². The van der Waals surface area contributed by atoms with Crippen LogP contribution in [0.15, 0.2) is 6.33 Å². The van der Waals surface area contributed by atoms with Crippen LogP contribution in [0.2, 0.25) is 0 Å². The summed E-state index contributed by atoms with van der Waals surface area (Å²) in [5.74, 6) is -0.470. The van der Waals surface area contributed by atoms with Crippen molar-refractivity contribution < 1.29 is 20.1 Å². The quantitative estimate of drug-likeness (QED) is 0.426. The largest absolute Gasteiger partial charge is 0.396 e. The van der Waals surface area contributed by atoms with Gasteiger partial charge in [0.2, 0.25) is 5.95 Å². The van der Waals surface area contributed by atoms with Crippen molar-refractivity contribution in [1.29, 1.82) is 0 Å². The Kier molecular flexibility index (Phi) is 4.76. The molecule has 0 bridgehead atoms. The highest BCUT2D eigenvalue weighted by Crippen LogP contribution is 2.25. The number of aromatic nitrogens is 4. The summed E-state index contributed by atoms with van der Waals surface area (Å²) in [6, 6.07) is 0. The Morgan fingerprint density at radius 2 is 1.95 bits per heavy atom. The molecule has 0 amide bonds. The fourth-order valence-corrected chi connectivity index (χ4v) is 2.17. The Balaban J connectivity index is 2.43. The second kappa shape index (κ2) is 6.40. The average molecular weight is 312 g/mol. The summed E-state index contributed by atoms with van der Waals surface area (Å²) in [7, 11) is 1.37. The molecule has 0 aromatic carbocycles. The SMILES string of the molecule is COC(C(O)C(O)C(C)CO)n1cnc2c(N)nc(N)nc21. The molecule has 2 aromatic heterocycles. The molecule has 22 heavy (non-hydrogen) atoms. The molecule has 0 aliphatic heterocycles. The van der Waals surface area contributed by atoms with Crippen molar-refractivity contribution in [3.8, 4) is 0 Å². The number of rotatable bonds is 6. The normalized spacial score (nSPS) is 17.3. The van der Waals surface area contributed by atoms with Gasteiger partial charge in [0.15, 0.2) is 17.7 Å². The highest BCUT2D eigenvalue weighted by molar-refractivity contribution is 5.82. The van der Waals surface area contributed by atoms with E-state index in [1.54, 1.807) is 6.92 Å². The number of hydrogen-bond donors (Lipinski definition) is 5. The van der Waals surface area contributed by atoms with Gasteiger partial charge >= 0.3 is 0 Å². The zero-order chi connectivity index (χ0) is 16.4. The van der Waals surface area contributed by atoms with E-state index in [4.69, 9.17) is 21.3 Å². The molecule has 0 aliphatic rings. The Morgan fingerprint density at radius 3 is 2.55 bits per heavy atom. The van der Waals surface area contributed by atoms with Crippen LogP contribution in [0, 0.1) is 5.92 Å². The number of nitrogens with zero attached hydrogens (tertiary/aromatic N) is 4. The second-order valence-corrected chi connectivity index (χ2v) is 5.06. The number of methoxy groups -OCH3 is 1. The Morgan fingerprint density at radius 1 is 1.27 bits per heavy atom. The first-order chi connectivity index (χ1) is 10.4. The maximum Gasteiger partial charge on any atom is 0.224 e. The van der Waals surface area contributed by atoms with E-state index in [0.29, 0.717) is 5.52 Å². The Labute approximate surface area is 126 Å². The van der Waals surface area contributed by atoms with Crippen molar-refractivity contribution in [2.45, 2.75) is 25.4 Å². The summed E-state index contributed by atoms with van der Waals surface area (Å²) in [6.07, 6.45) is -2.14. The topological polar surface area (TPSA) is 166 Å². The molecule has 4 unspecified atom stereocenters. The van der Waals surface area contributed by atoms with Crippen LogP contribution in [-0.2, 0) is 4.74 Å². The number of aliphatic hydroxyl groups excluding tert-OH is 3. The second-order valence-electron chi connectivity index (χ2n) is 5.06. The standard InChI is InChI=1S/C12H20N6O4/c1-5(3-19)7(20)8(21)11(22-2)18-4-15-6-9(13)16-12(14)17-10(6)18/h4-5,7-8,11,19-21H,3H2,1-2H3,(H4,13,14,16,17). The van der Waals surface area contributed by atoms with Gasteiger partial charge in [0, 0.05) is 19.6 Å². The van der Waals surface area contributed by atoms with Gasteiger partial charge < -0.3 is 31.5 Å². The van der Waals surface area contributed by atoms with E-state index < -0.39 is 24.4 Å². The molecule has 0 aliphatic carbocycles. The van der Waals surface area contributed by atoms with Gasteiger partial charge in [-0.05, 0) is 0 Å². The molecule has 0 radical (unpaired) electrons. The van der Waals surface area contributed by atoms with Gasteiger partial charge in [-0.3, -0.25) is 4.57 Å². The number of ether oxygens (including phenoxy) is 1. The van der Waals surface area contributed by atoms with Crippen LogP contribution in [0.1, 0.15) is 13.2 Å². The summed E-state index contributed by atoms with van der Waals surface area (Å²) in [5.41, 5.74) is 11.9. The van der Waals surface area contributed by atoms with Crippen LogP contribution >= 0.6 is 0 Å². The Bertz CT molecular complexity index is 648. The average Bonchev–Trinajstić information content (AvgIpc) is 2.90. The molecule has 0 fully saturated rings. The molecule has 10 heteroatoms. The highest BCUT2D eigenvalue weighted by Gasteiger charge is 2.32. The number of nitrogen functional groups attached to an aromatic ring is 2. The first-order valence-electron chi connectivity index (χ1n) is 6.66. The zero-order valence-electron chi connectivity index (χ0n) is 12.3. The van der Waals surface area contributed by atoms with E-state index in [1.807, 2.05) is 0 Å². The maximum absolute atomic E-state index is 10.3. The molecular weight excluding hydrogens is 292 g/mol. The van der Waals surface area contributed by atoms with Crippen molar-refractivity contribution in [2.75, 3.05) is 25.2 Å². The first-order valence-corrected chi connectivity index (χ1v) is 6.66. The summed E-state index contributed by atoms with van der Waals surface area (Å²) in [4.78, 5) is 11.9. The predicted molar refractivity (Wildman–Crippen MR) is 78.5 cm³/mol. The number of aliphatic hydroxyl groups is 3. The van der Waals surface area contributed by atoms with Gasteiger partial charge in [-0.1, -0.05) is 6.92 Å². The monoisotopic (exact) mass is 312 g/mol. The fraction of sp³-hybridized carbons (Fsp3) is 0.583. The van der Waals surface area contributed by atoms with Crippen LogP contribution in [0.3, 0.4) is 0 Å². The third-order valence-corrected chi connectivity index (χ3v) is 3.49. The Hall–Kier alpha value is -2.01. The van der Waals surface area contributed by atoms with Crippen molar-refractivity contribution >= 4 is 22.9 Å². The van der Waals surface area contributed by atoms with Crippen molar-refractivity contribution in [2.24, 2.45) is 5.92 Å². The number of anilines is 2. The minimum absolute atomic E-state index is 0.0413. The minimum Gasteiger partial charge on any atom is -0.396 e. The minimum atomic E-state index is -1.32.